The minimum atomic E-state index is -0.153. The molecule has 28 heavy (non-hydrogen) atoms. The molecule has 0 saturated carbocycles. The number of carbonyl (C=O) groups excluding carboxylic acids is 1. The van der Waals surface area contributed by atoms with Crippen molar-refractivity contribution in [3.8, 4) is 0 Å². The fourth-order valence-corrected chi connectivity index (χ4v) is 4.11. The van der Waals surface area contributed by atoms with Crippen LogP contribution in [-0.2, 0) is 11.3 Å². The van der Waals surface area contributed by atoms with Crippen LogP contribution in [0.3, 0.4) is 0 Å². The maximum absolute atomic E-state index is 12.8. The highest BCUT2D eigenvalue weighted by molar-refractivity contribution is 5.78. The summed E-state index contributed by atoms with van der Waals surface area (Å²) >= 11 is 0. The second-order valence-corrected chi connectivity index (χ2v) is 7.46. The smallest absolute Gasteiger partial charge is 0.256 e. The second kappa shape index (κ2) is 6.11. The minimum Gasteiger partial charge on any atom is -0.351 e. The molecule has 2 unspecified atom stereocenters. The number of nitrogens with zero attached hydrogens (tertiary/aromatic N) is 8. The number of aryl methyl sites for hydroxylation is 1. The van der Waals surface area contributed by atoms with Crippen molar-refractivity contribution < 1.29 is 4.79 Å². The Bertz CT molecular complexity index is 1120. The molecule has 0 aliphatic carbocycles. The van der Waals surface area contributed by atoms with Crippen molar-refractivity contribution in [1.29, 1.82) is 0 Å². The Kier molecular flexibility index (Phi) is 3.68. The zero-order valence-electron chi connectivity index (χ0n) is 15.7. The lowest BCUT2D eigenvalue weighted by molar-refractivity contribution is -0.146. The molecule has 6 rings (SSSR count). The van der Waals surface area contributed by atoms with E-state index in [0.29, 0.717) is 16.9 Å². The summed E-state index contributed by atoms with van der Waals surface area (Å²) in [6, 6.07) is 4.10. The molecule has 10 nitrogen and oxygen atoms in total. The van der Waals surface area contributed by atoms with E-state index in [1.165, 1.54) is 10.9 Å². The SMILES string of the molecule is Cc1ncn(CC(=O)N2C3CC2CN(c2ccc4nncn4n2)C3)c(=O)c1C. The lowest BCUT2D eigenvalue weighted by Crippen LogP contribution is -2.70. The lowest BCUT2D eigenvalue weighted by atomic mass is 9.87. The first-order chi connectivity index (χ1) is 13.5. The van der Waals surface area contributed by atoms with Crippen molar-refractivity contribution in [2.24, 2.45) is 0 Å². The van der Waals surface area contributed by atoms with E-state index in [1.807, 2.05) is 17.0 Å². The van der Waals surface area contributed by atoms with Crippen molar-refractivity contribution in [3.05, 3.63) is 46.4 Å². The molecule has 1 amide bonds. The van der Waals surface area contributed by atoms with Gasteiger partial charge in [0, 0.05) is 24.3 Å². The highest BCUT2D eigenvalue weighted by Gasteiger charge is 2.47. The van der Waals surface area contributed by atoms with Crippen LogP contribution in [-0.4, -0.2) is 65.3 Å². The van der Waals surface area contributed by atoms with Gasteiger partial charge in [-0.15, -0.1) is 15.3 Å². The van der Waals surface area contributed by atoms with E-state index in [2.05, 4.69) is 25.2 Å². The molecule has 3 aromatic rings. The average Bonchev–Trinajstić information content (AvgIpc) is 3.16. The summed E-state index contributed by atoms with van der Waals surface area (Å²) < 4.78 is 3.05. The third kappa shape index (κ3) is 2.55. The quantitative estimate of drug-likeness (QED) is 0.619. The summed E-state index contributed by atoms with van der Waals surface area (Å²) in [6.45, 7) is 5.01. The zero-order valence-corrected chi connectivity index (χ0v) is 15.7. The van der Waals surface area contributed by atoms with Gasteiger partial charge >= 0.3 is 0 Å². The Labute approximate surface area is 160 Å². The van der Waals surface area contributed by atoms with Crippen LogP contribution < -0.4 is 10.5 Å². The molecule has 0 spiro atoms. The van der Waals surface area contributed by atoms with Gasteiger partial charge in [-0.25, -0.2) is 4.98 Å². The minimum absolute atomic E-state index is 0.0322. The Morgan fingerprint density at radius 3 is 2.75 bits per heavy atom. The molecular weight excluding hydrogens is 360 g/mol. The van der Waals surface area contributed by atoms with E-state index in [1.54, 1.807) is 24.7 Å². The van der Waals surface area contributed by atoms with Crippen LogP contribution in [0.2, 0.25) is 0 Å². The van der Waals surface area contributed by atoms with Crippen molar-refractivity contribution in [2.45, 2.75) is 38.9 Å². The number of hydrogen-bond acceptors (Lipinski definition) is 7. The van der Waals surface area contributed by atoms with Crippen LogP contribution >= 0.6 is 0 Å². The van der Waals surface area contributed by atoms with Gasteiger partial charge in [-0.3, -0.25) is 14.2 Å². The Morgan fingerprint density at radius 1 is 1.18 bits per heavy atom. The number of rotatable bonds is 3. The Morgan fingerprint density at radius 2 is 1.96 bits per heavy atom. The molecule has 3 saturated heterocycles. The highest BCUT2D eigenvalue weighted by atomic mass is 16.2. The fourth-order valence-electron chi connectivity index (χ4n) is 4.11. The van der Waals surface area contributed by atoms with Crippen LogP contribution in [0.4, 0.5) is 5.82 Å². The van der Waals surface area contributed by atoms with E-state index >= 15 is 0 Å². The van der Waals surface area contributed by atoms with Crippen LogP contribution in [0.1, 0.15) is 17.7 Å². The first kappa shape index (κ1) is 16.8. The summed E-state index contributed by atoms with van der Waals surface area (Å²) in [5.74, 6) is 0.818. The number of aromatic nitrogens is 6. The first-order valence-corrected chi connectivity index (χ1v) is 9.27. The first-order valence-electron chi connectivity index (χ1n) is 9.27. The van der Waals surface area contributed by atoms with E-state index in [9.17, 15) is 9.59 Å². The van der Waals surface area contributed by atoms with Gasteiger partial charge in [0.05, 0.1) is 18.4 Å². The highest BCUT2D eigenvalue weighted by Crippen LogP contribution is 2.34. The lowest BCUT2D eigenvalue weighted by Gasteiger charge is -2.56. The summed E-state index contributed by atoms with van der Waals surface area (Å²) in [5, 5.41) is 12.4. The van der Waals surface area contributed by atoms with Crippen molar-refractivity contribution in [1.82, 2.24) is 34.3 Å². The summed E-state index contributed by atoms with van der Waals surface area (Å²) in [6.07, 6.45) is 4.02. The zero-order chi connectivity index (χ0) is 19.4. The number of carbonyl (C=O) groups is 1. The number of anilines is 1. The van der Waals surface area contributed by atoms with Crippen molar-refractivity contribution in [2.75, 3.05) is 18.0 Å². The van der Waals surface area contributed by atoms with Crippen LogP contribution in [0.5, 0.6) is 0 Å². The molecule has 0 radical (unpaired) electrons. The summed E-state index contributed by atoms with van der Waals surface area (Å²) in [7, 11) is 0. The van der Waals surface area contributed by atoms with Gasteiger partial charge in [0.15, 0.2) is 5.65 Å². The van der Waals surface area contributed by atoms with E-state index in [4.69, 9.17) is 0 Å². The van der Waals surface area contributed by atoms with E-state index in [0.717, 1.165) is 25.3 Å². The topological polar surface area (TPSA) is 102 Å². The van der Waals surface area contributed by atoms with Gasteiger partial charge in [-0.2, -0.15) is 4.52 Å². The summed E-state index contributed by atoms with van der Waals surface area (Å²) in [5.41, 5.74) is 1.83. The number of piperidine rings is 1. The van der Waals surface area contributed by atoms with Gasteiger partial charge in [0.2, 0.25) is 5.91 Å². The molecule has 10 heteroatoms. The molecule has 3 aliphatic heterocycles. The number of amides is 1. The predicted octanol–water partition coefficient (Wildman–Crippen LogP) is -0.212. The van der Waals surface area contributed by atoms with Crippen LogP contribution in [0.25, 0.3) is 5.65 Å². The van der Waals surface area contributed by atoms with E-state index < -0.39 is 0 Å². The third-order valence-corrected chi connectivity index (χ3v) is 5.77. The van der Waals surface area contributed by atoms with Gasteiger partial charge < -0.3 is 9.80 Å². The molecule has 3 aromatic heterocycles. The van der Waals surface area contributed by atoms with Gasteiger partial charge in [0.25, 0.3) is 5.56 Å². The third-order valence-electron chi connectivity index (χ3n) is 5.77. The fraction of sp³-hybridized carbons (Fsp3) is 0.444. The molecule has 2 bridgehead atoms. The Hall–Kier alpha value is -3.30. The number of fused-ring (bicyclic) bond motifs is 3. The largest absolute Gasteiger partial charge is 0.351 e. The standard InChI is InChI=1S/C18H20N8O2/c1-11-12(2)19-9-24(18(11)28)8-17(27)26-13-5-14(26)7-23(6-13)16-4-3-15-21-20-10-25(15)22-16/h3-4,9-10,13-14H,5-8H2,1-2H3. The Balaban J connectivity index is 1.30. The second-order valence-electron chi connectivity index (χ2n) is 7.46. The molecule has 2 atom stereocenters. The molecule has 6 heterocycles. The molecular formula is C18H20N8O2. The van der Waals surface area contributed by atoms with Crippen molar-refractivity contribution >= 4 is 17.4 Å². The number of hydrogen-bond donors (Lipinski definition) is 0. The number of piperazine rings is 1. The maximum atomic E-state index is 12.8. The van der Waals surface area contributed by atoms with Crippen LogP contribution in [0, 0.1) is 13.8 Å². The monoisotopic (exact) mass is 380 g/mol. The molecule has 3 fully saturated rings. The molecule has 0 aromatic carbocycles. The summed E-state index contributed by atoms with van der Waals surface area (Å²) in [4.78, 5) is 33.5. The predicted molar refractivity (Wildman–Crippen MR) is 100 cm³/mol. The average molecular weight is 380 g/mol. The molecule has 144 valence electrons. The molecule has 0 N–H and O–H groups in total. The normalized spacial score (nSPS) is 21.1. The van der Waals surface area contributed by atoms with Crippen molar-refractivity contribution in [3.63, 3.8) is 0 Å². The van der Waals surface area contributed by atoms with Gasteiger partial charge in [0.1, 0.15) is 18.7 Å². The van der Waals surface area contributed by atoms with Crippen LogP contribution in [0.15, 0.2) is 29.6 Å². The molecule has 3 aliphatic rings. The van der Waals surface area contributed by atoms with Gasteiger partial charge in [-0.1, -0.05) is 0 Å². The van der Waals surface area contributed by atoms with E-state index in [-0.39, 0.29) is 30.1 Å². The maximum Gasteiger partial charge on any atom is 0.256 e. The van der Waals surface area contributed by atoms with Gasteiger partial charge in [-0.05, 0) is 32.4 Å².